The van der Waals surface area contributed by atoms with Crippen LogP contribution in [0, 0.1) is 0 Å². The molecule has 0 spiro atoms. The van der Waals surface area contributed by atoms with Gasteiger partial charge in [-0.1, -0.05) is 62.1 Å². The summed E-state index contributed by atoms with van der Waals surface area (Å²) >= 11 is 12.8. The predicted octanol–water partition coefficient (Wildman–Crippen LogP) is 4.50. The average Bonchev–Trinajstić information content (AvgIpc) is 2.42. The lowest BCUT2D eigenvalue weighted by Gasteiger charge is -2.30. The minimum atomic E-state index is -1.67. The summed E-state index contributed by atoms with van der Waals surface area (Å²) in [6.45, 7) is 6.58. The van der Waals surface area contributed by atoms with Crippen LogP contribution in [0.3, 0.4) is 0 Å². The summed E-state index contributed by atoms with van der Waals surface area (Å²) in [4.78, 5) is 11.6. The van der Waals surface area contributed by atoms with Gasteiger partial charge in [-0.3, -0.25) is 0 Å². The van der Waals surface area contributed by atoms with E-state index in [2.05, 4.69) is 20.8 Å². The largest absolute Gasteiger partial charge is 0.465 e. The third-order valence-electron chi connectivity index (χ3n) is 4.02. The molecule has 0 bridgehead atoms. The number of methoxy groups -OCH3 is 1. The van der Waals surface area contributed by atoms with Crippen molar-refractivity contribution >= 4 is 42.4 Å². The number of ether oxygens (including phenoxy) is 1. The van der Waals surface area contributed by atoms with E-state index in [9.17, 15) is 4.79 Å². The van der Waals surface area contributed by atoms with Crippen LogP contribution in [0.5, 0.6) is 0 Å². The van der Waals surface area contributed by atoms with Crippen molar-refractivity contribution in [3.63, 3.8) is 0 Å². The SMILES string of the molecule is CC[Si](CC)(CC)c1c(Cl)cc(C(=O)OC)cc1Cl. The van der Waals surface area contributed by atoms with E-state index in [0.717, 1.165) is 23.3 Å². The van der Waals surface area contributed by atoms with Crippen molar-refractivity contribution in [3.05, 3.63) is 27.7 Å². The Hall–Kier alpha value is -0.513. The van der Waals surface area contributed by atoms with Gasteiger partial charge in [-0.15, -0.1) is 0 Å². The molecule has 106 valence electrons. The van der Waals surface area contributed by atoms with Crippen LogP contribution in [-0.4, -0.2) is 21.2 Å². The highest BCUT2D eigenvalue weighted by atomic mass is 35.5. The first-order chi connectivity index (χ1) is 8.95. The number of esters is 1. The van der Waals surface area contributed by atoms with E-state index < -0.39 is 14.0 Å². The average molecular weight is 319 g/mol. The fraction of sp³-hybridized carbons (Fsp3) is 0.500. The van der Waals surface area contributed by atoms with Gasteiger partial charge in [0.2, 0.25) is 0 Å². The molecule has 0 heterocycles. The highest BCUT2D eigenvalue weighted by molar-refractivity contribution is 6.94. The molecule has 2 nitrogen and oxygen atoms in total. The third kappa shape index (κ3) is 3.15. The van der Waals surface area contributed by atoms with Gasteiger partial charge in [-0.2, -0.15) is 0 Å². The second-order valence-corrected chi connectivity index (χ2v) is 10.6. The van der Waals surface area contributed by atoms with Gasteiger partial charge < -0.3 is 4.74 Å². The maximum absolute atomic E-state index is 11.6. The summed E-state index contributed by atoms with van der Waals surface area (Å²) in [5.41, 5.74) is 0.410. The van der Waals surface area contributed by atoms with E-state index in [1.807, 2.05) is 0 Å². The van der Waals surface area contributed by atoms with Crippen molar-refractivity contribution in [1.82, 2.24) is 0 Å². The Morgan fingerprint density at radius 1 is 1.11 bits per heavy atom. The maximum Gasteiger partial charge on any atom is 0.337 e. The molecule has 0 saturated carbocycles. The quantitative estimate of drug-likeness (QED) is 0.590. The van der Waals surface area contributed by atoms with Crippen LogP contribution >= 0.6 is 23.2 Å². The minimum Gasteiger partial charge on any atom is -0.465 e. The predicted molar refractivity (Wildman–Crippen MR) is 84.6 cm³/mol. The summed E-state index contributed by atoms with van der Waals surface area (Å²) in [5.74, 6) is -0.410. The second-order valence-electron chi connectivity index (χ2n) is 4.65. The van der Waals surface area contributed by atoms with Gasteiger partial charge in [0, 0.05) is 10.0 Å². The molecule has 1 aromatic carbocycles. The van der Waals surface area contributed by atoms with Crippen LogP contribution < -0.4 is 5.19 Å². The highest BCUT2D eigenvalue weighted by Crippen LogP contribution is 2.29. The summed E-state index contributed by atoms with van der Waals surface area (Å²) in [6, 6.07) is 6.64. The van der Waals surface area contributed by atoms with E-state index >= 15 is 0 Å². The number of hydrogen-bond acceptors (Lipinski definition) is 2. The van der Waals surface area contributed by atoms with Gasteiger partial charge in [0.1, 0.15) is 0 Å². The molecule has 0 saturated heterocycles. The van der Waals surface area contributed by atoms with E-state index in [1.165, 1.54) is 7.11 Å². The third-order valence-corrected chi connectivity index (χ3v) is 10.6. The monoisotopic (exact) mass is 318 g/mol. The van der Waals surface area contributed by atoms with Gasteiger partial charge in [-0.05, 0) is 17.3 Å². The van der Waals surface area contributed by atoms with Crippen molar-refractivity contribution in [2.75, 3.05) is 7.11 Å². The highest BCUT2D eigenvalue weighted by Gasteiger charge is 2.34. The number of halogens is 2. The molecular formula is C14H20Cl2O2Si. The molecule has 5 heteroatoms. The number of hydrogen-bond donors (Lipinski definition) is 0. The van der Waals surface area contributed by atoms with Crippen LogP contribution in [0.25, 0.3) is 0 Å². The maximum atomic E-state index is 11.6. The standard InChI is InChI=1S/C14H20Cl2O2Si/c1-5-19(6-2,7-3)13-11(15)8-10(9-12(13)16)14(17)18-4/h8-9H,5-7H2,1-4H3. The van der Waals surface area contributed by atoms with Crippen LogP contribution in [0.2, 0.25) is 28.2 Å². The Morgan fingerprint density at radius 2 is 1.53 bits per heavy atom. The lowest BCUT2D eigenvalue weighted by Crippen LogP contribution is -2.47. The molecule has 19 heavy (non-hydrogen) atoms. The van der Waals surface area contributed by atoms with Crippen LogP contribution in [0.15, 0.2) is 12.1 Å². The molecule has 1 rings (SSSR count). The molecule has 1 aromatic rings. The summed E-state index contributed by atoms with van der Waals surface area (Å²) in [6.07, 6.45) is 0. The van der Waals surface area contributed by atoms with Gasteiger partial charge >= 0.3 is 5.97 Å². The Morgan fingerprint density at radius 3 is 1.84 bits per heavy atom. The van der Waals surface area contributed by atoms with Crippen LogP contribution in [0.4, 0.5) is 0 Å². The molecule has 0 aliphatic carbocycles. The van der Waals surface area contributed by atoms with Crippen molar-refractivity contribution in [3.8, 4) is 0 Å². The number of rotatable bonds is 5. The molecule has 0 aliphatic heterocycles. The molecule has 0 aromatic heterocycles. The van der Waals surface area contributed by atoms with Gasteiger partial charge in [0.15, 0.2) is 0 Å². The van der Waals surface area contributed by atoms with Crippen molar-refractivity contribution in [1.29, 1.82) is 0 Å². The fourth-order valence-corrected chi connectivity index (χ4v) is 8.00. The summed E-state index contributed by atoms with van der Waals surface area (Å²) in [7, 11) is -0.318. The number of carbonyl (C=O) groups excluding carboxylic acids is 1. The lowest BCUT2D eigenvalue weighted by atomic mass is 10.2. The van der Waals surface area contributed by atoms with Crippen molar-refractivity contribution < 1.29 is 9.53 Å². The van der Waals surface area contributed by atoms with Gasteiger partial charge in [-0.25, -0.2) is 4.79 Å². The fourth-order valence-electron chi connectivity index (χ4n) is 2.60. The normalized spacial score (nSPS) is 11.5. The summed E-state index contributed by atoms with van der Waals surface area (Å²) in [5, 5.41) is 2.28. The Labute approximate surface area is 126 Å². The van der Waals surface area contributed by atoms with Crippen molar-refractivity contribution in [2.45, 2.75) is 38.9 Å². The molecule has 0 amide bonds. The first kappa shape index (κ1) is 16.5. The summed E-state index contributed by atoms with van der Waals surface area (Å²) < 4.78 is 4.71. The number of carbonyl (C=O) groups is 1. The topological polar surface area (TPSA) is 26.3 Å². The zero-order valence-electron chi connectivity index (χ0n) is 11.8. The molecular weight excluding hydrogens is 299 g/mol. The molecule has 0 N–H and O–H groups in total. The van der Waals surface area contributed by atoms with Gasteiger partial charge in [0.25, 0.3) is 0 Å². The van der Waals surface area contributed by atoms with E-state index in [4.69, 9.17) is 27.9 Å². The molecule has 0 fully saturated rings. The first-order valence-corrected chi connectivity index (χ1v) is 9.91. The number of benzene rings is 1. The van der Waals surface area contributed by atoms with Crippen LogP contribution in [-0.2, 0) is 4.74 Å². The zero-order chi connectivity index (χ0) is 14.6. The Kier molecular flexibility index (Phi) is 5.90. The lowest BCUT2D eigenvalue weighted by molar-refractivity contribution is 0.0601. The minimum absolute atomic E-state index is 0.410. The molecule has 0 atom stereocenters. The Bertz CT molecular complexity index is 439. The zero-order valence-corrected chi connectivity index (χ0v) is 14.4. The van der Waals surface area contributed by atoms with E-state index in [1.54, 1.807) is 12.1 Å². The van der Waals surface area contributed by atoms with E-state index in [-0.39, 0.29) is 0 Å². The molecule has 0 radical (unpaired) electrons. The molecule has 0 unspecified atom stereocenters. The first-order valence-electron chi connectivity index (χ1n) is 6.53. The van der Waals surface area contributed by atoms with Crippen LogP contribution in [0.1, 0.15) is 31.1 Å². The van der Waals surface area contributed by atoms with Crippen molar-refractivity contribution in [2.24, 2.45) is 0 Å². The van der Waals surface area contributed by atoms with Gasteiger partial charge in [0.05, 0.1) is 20.7 Å². The Balaban J connectivity index is 3.42. The second kappa shape index (κ2) is 6.78. The van der Waals surface area contributed by atoms with E-state index in [0.29, 0.717) is 15.6 Å². The smallest absolute Gasteiger partial charge is 0.337 e. The molecule has 0 aliphatic rings.